The third-order valence-corrected chi connectivity index (χ3v) is 4.10. The molecule has 4 heteroatoms. The summed E-state index contributed by atoms with van der Waals surface area (Å²) in [4.78, 5) is 0. The van der Waals surface area contributed by atoms with Crippen LogP contribution in [0.1, 0.15) is 0 Å². The zero-order chi connectivity index (χ0) is 13.1. The van der Waals surface area contributed by atoms with E-state index in [9.17, 15) is 0 Å². The first-order valence-electron chi connectivity index (χ1n) is 5.44. The number of halogens is 1. The average molecular weight is 372 g/mol. The van der Waals surface area contributed by atoms with Crippen LogP contribution in [-0.4, -0.2) is 14.2 Å². The van der Waals surface area contributed by atoms with E-state index in [0.717, 1.165) is 31.5 Å². The summed E-state index contributed by atoms with van der Waals surface area (Å²) < 4.78 is 12.1. The molecule has 94 valence electrons. The lowest BCUT2D eigenvalue weighted by molar-refractivity contribution is 0.410. The monoisotopic (exact) mass is 372 g/mol. The molecule has 0 bridgehead atoms. The number of methoxy groups -OCH3 is 2. The van der Waals surface area contributed by atoms with Gasteiger partial charge in [0.2, 0.25) is 0 Å². The highest BCUT2D eigenvalue weighted by molar-refractivity contribution is 14.1. The largest absolute Gasteiger partial charge is 0.496 e. The summed E-state index contributed by atoms with van der Waals surface area (Å²) in [5, 5.41) is 1.09. The Balaban J connectivity index is 2.76. The van der Waals surface area contributed by atoms with Crippen LogP contribution in [0.3, 0.4) is 0 Å². The predicted molar refractivity (Wildman–Crippen MR) is 87.0 cm³/mol. The fourth-order valence-corrected chi connectivity index (χ4v) is 3.04. The molecule has 1 atom stereocenters. The van der Waals surface area contributed by atoms with E-state index in [0.29, 0.717) is 0 Å². The Morgan fingerprint density at radius 1 is 0.889 bits per heavy atom. The fraction of sp³-hybridized carbons (Fsp3) is 0.143. The molecule has 0 heterocycles. The molecule has 0 amide bonds. The summed E-state index contributed by atoms with van der Waals surface area (Å²) in [6.07, 6.45) is 0. The van der Waals surface area contributed by atoms with Gasteiger partial charge in [-0.3, -0.25) is 0 Å². The van der Waals surface area contributed by atoms with Crippen molar-refractivity contribution in [3.05, 3.63) is 40.0 Å². The molecule has 0 aliphatic carbocycles. The highest BCUT2D eigenvalue weighted by Gasteiger charge is 2.16. The molecule has 0 aliphatic heterocycles. The standard InChI is InChI=1S/C14H14IO2P/c1-16-10-6-3-5-9(15)13(10)14-11(17-2)7-4-8-12(14)18/h3-8H,18H2,1-2H3. The van der Waals surface area contributed by atoms with Crippen molar-refractivity contribution in [1.82, 2.24) is 0 Å². The van der Waals surface area contributed by atoms with Crippen LogP contribution < -0.4 is 14.8 Å². The van der Waals surface area contributed by atoms with Crippen LogP contribution in [-0.2, 0) is 0 Å². The summed E-state index contributed by atoms with van der Waals surface area (Å²) >= 11 is 2.32. The van der Waals surface area contributed by atoms with E-state index in [1.807, 2.05) is 30.3 Å². The second-order valence-electron chi connectivity index (χ2n) is 3.74. The number of benzene rings is 2. The molecular weight excluding hydrogens is 358 g/mol. The molecule has 0 spiro atoms. The summed E-state index contributed by atoms with van der Waals surface area (Å²) in [6, 6.07) is 12.0. The highest BCUT2D eigenvalue weighted by atomic mass is 127. The van der Waals surface area contributed by atoms with Crippen LogP contribution in [0, 0.1) is 3.57 Å². The van der Waals surface area contributed by atoms with Crippen LogP contribution in [0.5, 0.6) is 11.5 Å². The first-order valence-corrected chi connectivity index (χ1v) is 7.10. The number of hydrogen-bond acceptors (Lipinski definition) is 2. The molecule has 2 rings (SSSR count). The summed E-state index contributed by atoms with van der Waals surface area (Å²) in [7, 11) is 6.12. The number of hydrogen-bond donors (Lipinski definition) is 0. The van der Waals surface area contributed by atoms with Gasteiger partial charge in [0, 0.05) is 14.7 Å². The van der Waals surface area contributed by atoms with Crippen molar-refractivity contribution in [2.24, 2.45) is 0 Å². The lowest BCUT2D eigenvalue weighted by Gasteiger charge is -2.16. The van der Waals surface area contributed by atoms with Crippen molar-refractivity contribution in [3.63, 3.8) is 0 Å². The van der Waals surface area contributed by atoms with Gasteiger partial charge in [0.05, 0.1) is 14.2 Å². The zero-order valence-corrected chi connectivity index (χ0v) is 13.5. The molecule has 0 radical (unpaired) electrons. The van der Waals surface area contributed by atoms with E-state index in [2.05, 4.69) is 37.9 Å². The van der Waals surface area contributed by atoms with E-state index in [1.54, 1.807) is 14.2 Å². The smallest absolute Gasteiger partial charge is 0.127 e. The van der Waals surface area contributed by atoms with E-state index >= 15 is 0 Å². The van der Waals surface area contributed by atoms with Gasteiger partial charge in [-0.25, -0.2) is 0 Å². The van der Waals surface area contributed by atoms with Gasteiger partial charge in [-0.2, -0.15) is 0 Å². The maximum Gasteiger partial charge on any atom is 0.127 e. The molecule has 0 saturated heterocycles. The minimum atomic E-state index is 0.852. The molecule has 0 N–H and O–H groups in total. The van der Waals surface area contributed by atoms with Gasteiger partial charge in [0.15, 0.2) is 0 Å². The van der Waals surface area contributed by atoms with Gasteiger partial charge in [0.25, 0.3) is 0 Å². The van der Waals surface area contributed by atoms with Gasteiger partial charge < -0.3 is 9.47 Å². The summed E-state index contributed by atoms with van der Waals surface area (Å²) in [5.41, 5.74) is 2.13. The minimum absolute atomic E-state index is 0.852. The molecule has 0 aliphatic rings. The fourth-order valence-electron chi connectivity index (χ4n) is 1.90. The Morgan fingerprint density at radius 3 is 2.06 bits per heavy atom. The Hall–Kier alpha value is -0.800. The minimum Gasteiger partial charge on any atom is -0.496 e. The molecule has 2 aromatic carbocycles. The Morgan fingerprint density at radius 2 is 1.44 bits per heavy atom. The summed E-state index contributed by atoms with van der Waals surface area (Å²) in [6.45, 7) is 0. The molecule has 0 aromatic heterocycles. The van der Waals surface area contributed by atoms with Crippen LogP contribution in [0.4, 0.5) is 0 Å². The molecule has 2 aromatic rings. The SMILES string of the molecule is COc1cccc(P)c1-c1c(I)cccc1OC. The van der Waals surface area contributed by atoms with Gasteiger partial charge in [-0.1, -0.05) is 18.2 Å². The normalized spacial score (nSPS) is 10.2. The number of ether oxygens (including phenoxy) is 2. The van der Waals surface area contributed by atoms with Crippen molar-refractivity contribution < 1.29 is 9.47 Å². The maximum absolute atomic E-state index is 5.47. The van der Waals surface area contributed by atoms with E-state index in [4.69, 9.17) is 9.47 Å². The van der Waals surface area contributed by atoms with Crippen LogP contribution >= 0.6 is 31.8 Å². The first kappa shape index (κ1) is 13.6. The Bertz CT molecular complexity index is 518. The van der Waals surface area contributed by atoms with E-state index < -0.39 is 0 Å². The van der Waals surface area contributed by atoms with Gasteiger partial charge >= 0.3 is 0 Å². The molecule has 2 nitrogen and oxygen atoms in total. The molecule has 0 fully saturated rings. The van der Waals surface area contributed by atoms with Crippen molar-refractivity contribution in [2.45, 2.75) is 0 Å². The highest BCUT2D eigenvalue weighted by Crippen LogP contribution is 2.38. The second-order valence-corrected chi connectivity index (χ2v) is 5.53. The van der Waals surface area contributed by atoms with E-state index in [-0.39, 0.29) is 0 Å². The quantitative estimate of drug-likeness (QED) is 0.607. The molecular formula is C14H14IO2P. The van der Waals surface area contributed by atoms with Crippen molar-refractivity contribution in [3.8, 4) is 22.6 Å². The van der Waals surface area contributed by atoms with Gasteiger partial charge in [-0.15, -0.1) is 9.24 Å². The molecule has 0 saturated carbocycles. The van der Waals surface area contributed by atoms with Gasteiger partial charge in [0.1, 0.15) is 11.5 Å². The lowest BCUT2D eigenvalue weighted by Crippen LogP contribution is -2.03. The Kier molecular flexibility index (Phi) is 4.46. The van der Waals surface area contributed by atoms with E-state index in [1.165, 1.54) is 0 Å². The van der Waals surface area contributed by atoms with Crippen molar-refractivity contribution in [1.29, 1.82) is 0 Å². The third-order valence-electron chi connectivity index (χ3n) is 2.72. The number of rotatable bonds is 3. The second kappa shape index (κ2) is 5.89. The molecule has 1 unspecified atom stereocenters. The lowest BCUT2D eigenvalue weighted by atomic mass is 10.0. The Labute approximate surface area is 123 Å². The molecule has 18 heavy (non-hydrogen) atoms. The predicted octanol–water partition coefficient (Wildman–Crippen LogP) is 3.48. The van der Waals surface area contributed by atoms with Crippen molar-refractivity contribution in [2.75, 3.05) is 14.2 Å². The topological polar surface area (TPSA) is 18.5 Å². The van der Waals surface area contributed by atoms with Crippen LogP contribution in [0.15, 0.2) is 36.4 Å². The zero-order valence-electron chi connectivity index (χ0n) is 10.2. The van der Waals surface area contributed by atoms with Crippen LogP contribution in [0.25, 0.3) is 11.1 Å². The first-order chi connectivity index (χ1) is 8.69. The van der Waals surface area contributed by atoms with Crippen LogP contribution in [0.2, 0.25) is 0 Å². The van der Waals surface area contributed by atoms with Crippen molar-refractivity contribution >= 4 is 37.1 Å². The van der Waals surface area contributed by atoms with Gasteiger partial charge in [-0.05, 0) is 46.1 Å². The maximum atomic E-state index is 5.47. The average Bonchev–Trinajstić information content (AvgIpc) is 2.38. The summed E-state index contributed by atoms with van der Waals surface area (Å²) in [5.74, 6) is 1.71. The third kappa shape index (κ3) is 2.47.